The van der Waals surface area contributed by atoms with Crippen molar-refractivity contribution in [1.82, 2.24) is 15.1 Å². The molecule has 0 saturated carbocycles. The Morgan fingerprint density at radius 3 is 2.48 bits per heavy atom. The summed E-state index contributed by atoms with van der Waals surface area (Å²) in [5.41, 5.74) is 2.42. The van der Waals surface area contributed by atoms with Gasteiger partial charge in [-0.2, -0.15) is 0 Å². The average Bonchev–Trinajstić information content (AvgIpc) is 3.35. The number of nitrogens with zero attached hydrogens (tertiary/aromatic N) is 3. The number of benzene rings is 1. The Morgan fingerprint density at radius 2 is 1.77 bits per heavy atom. The lowest BCUT2D eigenvalue weighted by Gasteiger charge is -2.33. The zero-order chi connectivity index (χ0) is 21.6. The number of carbonyl (C=O) groups is 2. The fourth-order valence-electron chi connectivity index (χ4n) is 4.48. The molecule has 2 aliphatic heterocycles. The van der Waals surface area contributed by atoms with Crippen molar-refractivity contribution in [2.24, 2.45) is 0 Å². The fraction of sp³-hybridized carbons (Fsp3) is 0.500. The highest BCUT2D eigenvalue weighted by molar-refractivity contribution is 5.91. The van der Waals surface area contributed by atoms with Crippen molar-refractivity contribution in [3.05, 3.63) is 54.0 Å². The number of hydrogen-bond acceptors (Lipinski definition) is 4. The first-order chi connectivity index (χ1) is 15.1. The molecule has 0 aliphatic carbocycles. The van der Waals surface area contributed by atoms with Gasteiger partial charge in [0, 0.05) is 51.5 Å². The molecule has 7 nitrogen and oxygen atoms in total. The minimum Gasteiger partial charge on any atom is -0.459 e. The summed E-state index contributed by atoms with van der Waals surface area (Å²) in [6.45, 7) is 3.98. The van der Waals surface area contributed by atoms with Crippen LogP contribution in [0.2, 0.25) is 0 Å². The molecule has 0 spiro atoms. The molecule has 7 heteroatoms. The van der Waals surface area contributed by atoms with Gasteiger partial charge in [0.15, 0.2) is 5.76 Å². The van der Waals surface area contributed by atoms with Gasteiger partial charge in [0.25, 0.3) is 5.91 Å². The molecule has 1 aromatic carbocycles. The summed E-state index contributed by atoms with van der Waals surface area (Å²) in [4.78, 5) is 31.2. The first-order valence-electron chi connectivity index (χ1n) is 11.3. The highest BCUT2D eigenvalue weighted by Crippen LogP contribution is 2.25. The third kappa shape index (κ3) is 5.21. The monoisotopic (exact) mass is 424 g/mol. The van der Waals surface area contributed by atoms with E-state index in [0.29, 0.717) is 25.4 Å². The van der Waals surface area contributed by atoms with E-state index < -0.39 is 0 Å². The zero-order valence-corrected chi connectivity index (χ0v) is 18.3. The summed E-state index contributed by atoms with van der Waals surface area (Å²) >= 11 is 0. The number of amides is 3. The first-order valence-corrected chi connectivity index (χ1v) is 11.3. The Hall–Kier alpha value is -2.96. The van der Waals surface area contributed by atoms with Crippen molar-refractivity contribution in [3.63, 3.8) is 0 Å². The molecule has 4 rings (SSSR count). The molecule has 2 aromatic rings. The predicted molar refractivity (Wildman–Crippen MR) is 120 cm³/mol. The number of nitrogens with one attached hydrogen (secondary N) is 1. The van der Waals surface area contributed by atoms with Crippen LogP contribution in [0.5, 0.6) is 0 Å². The van der Waals surface area contributed by atoms with Gasteiger partial charge < -0.3 is 24.4 Å². The van der Waals surface area contributed by atoms with E-state index in [1.807, 2.05) is 13.1 Å². The zero-order valence-electron chi connectivity index (χ0n) is 18.3. The average molecular weight is 425 g/mol. The normalized spacial score (nSPS) is 17.5. The van der Waals surface area contributed by atoms with Gasteiger partial charge >= 0.3 is 6.03 Å². The number of likely N-dealkylation sites (tertiary alicyclic amines) is 1. The molecule has 2 saturated heterocycles. The van der Waals surface area contributed by atoms with Gasteiger partial charge in [-0.3, -0.25) is 4.79 Å². The van der Waals surface area contributed by atoms with Crippen LogP contribution in [0.15, 0.2) is 47.1 Å². The van der Waals surface area contributed by atoms with E-state index in [1.165, 1.54) is 36.8 Å². The smallest absolute Gasteiger partial charge is 0.317 e. The maximum absolute atomic E-state index is 12.8. The minimum atomic E-state index is -0.0822. The predicted octanol–water partition coefficient (Wildman–Crippen LogP) is 3.72. The van der Waals surface area contributed by atoms with Crippen molar-refractivity contribution < 1.29 is 14.0 Å². The summed E-state index contributed by atoms with van der Waals surface area (Å²) in [5.74, 6) is 0.288. The molecule has 1 aromatic heterocycles. The van der Waals surface area contributed by atoms with E-state index in [4.69, 9.17) is 4.42 Å². The van der Waals surface area contributed by atoms with E-state index >= 15 is 0 Å². The molecule has 3 heterocycles. The molecular weight excluding hydrogens is 392 g/mol. The van der Waals surface area contributed by atoms with Gasteiger partial charge in [-0.05, 0) is 55.9 Å². The van der Waals surface area contributed by atoms with Crippen LogP contribution < -0.4 is 10.2 Å². The van der Waals surface area contributed by atoms with Crippen molar-refractivity contribution >= 4 is 17.6 Å². The van der Waals surface area contributed by atoms with Crippen LogP contribution in [0.3, 0.4) is 0 Å². The summed E-state index contributed by atoms with van der Waals surface area (Å²) in [7, 11) is 1.85. The number of piperidine rings is 2. The number of furan rings is 1. The molecule has 2 aliphatic rings. The second-order valence-electron chi connectivity index (χ2n) is 8.53. The largest absolute Gasteiger partial charge is 0.459 e. The molecule has 2 fully saturated rings. The van der Waals surface area contributed by atoms with Crippen LogP contribution in [0.4, 0.5) is 10.5 Å². The van der Waals surface area contributed by atoms with E-state index in [2.05, 4.69) is 28.4 Å². The Bertz CT molecular complexity index is 869. The lowest BCUT2D eigenvalue weighted by atomic mass is 10.0. The Morgan fingerprint density at radius 1 is 1.03 bits per heavy atom. The molecule has 0 unspecified atom stereocenters. The van der Waals surface area contributed by atoms with Crippen LogP contribution in [-0.4, -0.2) is 61.0 Å². The number of para-hydroxylation sites is 1. The second kappa shape index (κ2) is 9.90. The van der Waals surface area contributed by atoms with Crippen molar-refractivity contribution in [2.45, 2.75) is 44.7 Å². The lowest BCUT2D eigenvalue weighted by molar-refractivity contribution is 0.0674. The van der Waals surface area contributed by atoms with Gasteiger partial charge in [-0.15, -0.1) is 0 Å². The SMILES string of the molecule is CN(Cc1ccccc1N1CCCCC1)C(=O)NC1CCN(C(=O)c2ccco2)CC1. The third-order valence-corrected chi connectivity index (χ3v) is 6.28. The van der Waals surface area contributed by atoms with E-state index in [1.54, 1.807) is 21.9 Å². The van der Waals surface area contributed by atoms with Gasteiger partial charge in [0.1, 0.15) is 0 Å². The van der Waals surface area contributed by atoms with Crippen molar-refractivity contribution in [2.75, 3.05) is 38.1 Å². The van der Waals surface area contributed by atoms with Gasteiger partial charge in [0.2, 0.25) is 0 Å². The summed E-state index contributed by atoms with van der Waals surface area (Å²) in [5, 5.41) is 3.14. The third-order valence-electron chi connectivity index (χ3n) is 6.28. The number of rotatable bonds is 5. The number of anilines is 1. The van der Waals surface area contributed by atoms with Crippen molar-refractivity contribution in [1.29, 1.82) is 0 Å². The number of hydrogen-bond donors (Lipinski definition) is 1. The van der Waals surface area contributed by atoms with Gasteiger partial charge in [0.05, 0.1) is 6.26 Å². The molecule has 3 amide bonds. The molecular formula is C24H32N4O3. The lowest BCUT2D eigenvalue weighted by Crippen LogP contribution is -2.49. The molecule has 166 valence electrons. The summed E-state index contributed by atoms with van der Waals surface area (Å²) < 4.78 is 5.21. The van der Waals surface area contributed by atoms with Crippen LogP contribution in [-0.2, 0) is 6.54 Å². The van der Waals surface area contributed by atoms with Crippen molar-refractivity contribution in [3.8, 4) is 0 Å². The summed E-state index contributed by atoms with van der Waals surface area (Å²) in [6, 6.07) is 11.8. The topological polar surface area (TPSA) is 69.0 Å². The van der Waals surface area contributed by atoms with Gasteiger partial charge in [-0.1, -0.05) is 18.2 Å². The molecule has 0 atom stereocenters. The Kier molecular flexibility index (Phi) is 6.79. The van der Waals surface area contributed by atoms with Crippen LogP contribution in [0.1, 0.15) is 48.2 Å². The molecule has 31 heavy (non-hydrogen) atoms. The second-order valence-corrected chi connectivity index (χ2v) is 8.53. The Labute approximate surface area is 184 Å². The molecule has 0 bridgehead atoms. The van der Waals surface area contributed by atoms with E-state index in [-0.39, 0.29) is 18.0 Å². The maximum Gasteiger partial charge on any atom is 0.317 e. The Balaban J connectivity index is 1.28. The highest BCUT2D eigenvalue weighted by atomic mass is 16.3. The quantitative estimate of drug-likeness (QED) is 0.794. The molecule has 0 radical (unpaired) electrons. The number of urea groups is 1. The number of carbonyl (C=O) groups excluding carboxylic acids is 2. The van der Waals surface area contributed by atoms with E-state index in [0.717, 1.165) is 25.9 Å². The standard InChI is InChI=1S/C24H32N4O3/c1-26(18-19-8-3-4-9-21(19)27-13-5-2-6-14-27)24(30)25-20-11-15-28(16-12-20)23(29)22-10-7-17-31-22/h3-4,7-10,17,20H,2,5-6,11-16,18H2,1H3,(H,25,30). The minimum absolute atomic E-state index is 0.0655. The van der Waals surface area contributed by atoms with Gasteiger partial charge in [-0.25, -0.2) is 4.79 Å². The fourth-order valence-corrected chi connectivity index (χ4v) is 4.48. The van der Waals surface area contributed by atoms with Crippen LogP contribution in [0.25, 0.3) is 0 Å². The summed E-state index contributed by atoms with van der Waals surface area (Å²) in [6.07, 6.45) is 6.76. The highest BCUT2D eigenvalue weighted by Gasteiger charge is 2.26. The maximum atomic E-state index is 12.8. The molecule has 1 N–H and O–H groups in total. The van der Waals surface area contributed by atoms with E-state index in [9.17, 15) is 9.59 Å². The van der Waals surface area contributed by atoms with Crippen LogP contribution in [0, 0.1) is 0 Å². The first kappa shape index (κ1) is 21.3. The van der Waals surface area contributed by atoms with Crippen LogP contribution >= 0.6 is 0 Å².